The Balaban J connectivity index is 1.27. The highest BCUT2D eigenvalue weighted by Crippen LogP contribution is 2.43. The first kappa shape index (κ1) is 20.8. The molecule has 4 atom stereocenters. The van der Waals surface area contributed by atoms with E-state index in [4.69, 9.17) is 4.74 Å². The van der Waals surface area contributed by atoms with Gasteiger partial charge in [0, 0.05) is 37.8 Å². The summed E-state index contributed by atoms with van der Waals surface area (Å²) in [5.41, 5.74) is 4.18. The van der Waals surface area contributed by atoms with Crippen LogP contribution in [0.5, 0.6) is 5.75 Å². The predicted octanol–water partition coefficient (Wildman–Crippen LogP) is 4.41. The summed E-state index contributed by atoms with van der Waals surface area (Å²) < 4.78 is 6.68. The fourth-order valence-corrected chi connectivity index (χ4v) is 5.89. The number of hydrogen-bond donors (Lipinski definition) is 2. The molecule has 2 saturated heterocycles. The smallest absolute Gasteiger partial charge is 0.127 e. The number of anilines is 1. The Morgan fingerprint density at radius 3 is 2.42 bits per heavy atom. The van der Waals surface area contributed by atoms with Gasteiger partial charge in [-0.2, -0.15) is 0 Å². The van der Waals surface area contributed by atoms with E-state index in [0.29, 0.717) is 5.92 Å². The number of ether oxygens (including phenoxy) is 1. The number of piperazine rings is 1. The van der Waals surface area contributed by atoms with Crippen LogP contribution in [0, 0.1) is 17.8 Å². The topological polar surface area (TPSA) is 36.5 Å². The SMILES string of the molecule is CCC1CNCC1CC[C@@H]1Cc2ccccc2C1Oc1ccc(N2CCNCC2)cc1. The molecule has 0 spiro atoms. The molecule has 166 valence electrons. The van der Waals surface area contributed by atoms with Crippen molar-refractivity contribution >= 4 is 5.69 Å². The van der Waals surface area contributed by atoms with Gasteiger partial charge in [0.1, 0.15) is 11.9 Å². The Labute approximate surface area is 187 Å². The molecule has 0 saturated carbocycles. The van der Waals surface area contributed by atoms with E-state index in [2.05, 4.69) is 71.0 Å². The zero-order chi connectivity index (χ0) is 21.0. The number of nitrogens with zero attached hydrogens (tertiary/aromatic N) is 1. The highest BCUT2D eigenvalue weighted by Gasteiger charge is 2.35. The molecule has 2 aromatic carbocycles. The minimum absolute atomic E-state index is 0.177. The van der Waals surface area contributed by atoms with Crippen molar-refractivity contribution in [2.75, 3.05) is 44.2 Å². The summed E-state index contributed by atoms with van der Waals surface area (Å²) in [4.78, 5) is 2.45. The quantitative estimate of drug-likeness (QED) is 0.697. The minimum Gasteiger partial charge on any atom is -0.485 e. The summed E-state index contributed by atoms with van der Waals surface area (Å²) in [6.07, 6.45) is 5.18. The highest BCUT2D eigenvalue weighted by molar-refractivity contribution is 5.49. The van der Waals surface area contributed by atoms with Crippen molar-refractivity contribution in [1.29, 1.82) is 0 Å². The van der Waals surface area contributed by atoms with Gasteiger partial charge in [-0.05, 0) is 79.6 Å². The summed E-state index contributed by atoms with van der Waals surface area (Å²) in [7, 11) is 0. The van der Waals surface area contributed by atoms with Crippen LogP contribution in [0.2, 0.25) is 0 Å². The Morgan fingerprint density at radius 1 is 0.871 bits per heavy atom. The molecule has 0 radical (unpaired) electrons. The maximum Gasteiger partial charge on any atom is 0.127 e. The molecule has 0 bridgehead atoms. The van der Waals surface area contributed by atoms with Crippen LogP contribution in [0.1, 0.15) is 43.4 Å². The van der Waals surface area contributed by atoms with Gasteiger partial charge in [-0.25, -0.2) is 0 Å². The average Bonchev–Trinajstić information content (AvgIpc) is 3.43. The van der Waals surface area contributed by atoms with Gasteiger partial charge in [-0.15, -0.1) is 0 Å². The van der Waals surface area contributed by atoms with E-state index in [1.807, 2.05) is 0 Å². The zero-order valence-electron chi connectivity index (χ0n) is 18.9. The Bertz CT molecular complexity index is 846. The summed E-state index contributed by atoms with van der Waals surface area (Å²) in [5.74, 6) is 3.25. The fourth-order valence-electron chi connectivity index (χ4n) is 5.89. The molecule has 3 unspecified atom stereocenters. The molecule has 2 N–H and O–H groups in total. The van der Waals surface area contributed by atoms with E-state index in [9.17, 15) is 0 Å². The number of fused-ring (bicyclic) bond motifs is 1. The van der Waals surface area contributed by atoms with Gasteiger partial charge in [-0.3, -0.25) is 0 Å². The van der Waals surface area contributed by atoms with Crippen molar-refractivity contribution in [1.82, 2.24) is 10.6 Å². The molecule has 5 rings (SSSR count). The number of benzene rings is 2. The molecule has 4 heteroatoms. The third kappa shape index (κ3) is 4.61. The number of rotatable bonds is 7. The molecule has 31 heavy (non-hydrogen) atoms. The summed E-state index contributed by atoms with van der Waals surface area (Å²) in [6, 6.07) is 17.7. The molecule has 2 fully saturated rings. The Hall–Kier alpha value is -2.04. The van der Waals surface area contributed by atoms with Crippen LogP contribution in [-0.4, -0.2) is 39.3 Å². The predicted molar refractivity (Wildman–Crippen MR) is 128 cm³/mol. The number of nitrogens with one attached hydrogen (secondary N) is 2. The molecule has 2 aromatic rings. The van der Waals surface area contributed by atoms with Crippen molar-refractivity contribution < 1.29 is 4.74 Å². The molecule has 2 heterocycles. The first-order valence-electron chi connectivity index (χ1n) is 12.3. The maximum atomic E-state index is 6.68. The van der Waals surface area contributed by atoms with Crippen molar-refractivity contribution in [2.45, 2.75) is 38.7 Å². The van der Waals surface area contributed by atoms with Crippen LogP contribution in [0.15, 0.2) is 48.5 Å². The third-order valence-corrected chi connectivity index (χ3v) is 7.77. The molecule has 0 amide bonds. The van der Waals surface area contributed by atoms with Crippen LogP contribution in [0.3, 0.4) is 0 Å². The van der Waals surface area contributed by atoms with Gasteiger partial charge in [0.25, 0.3) is 0 Å². The molecular formula is C27H37N3O. The van der Waals surface area contributed by atoms with Crippen LogP contribution in [0.25, 0.3) is 0 Å². The molecule has 3 aliphatic rings. The van der Waals surface area contributed by atoms with Gasteiger partial charge in [0.15, 0.2) is 0 Å². The lowest BCUT2D eigenvalue weighted by molar-refractivity contribution is 0.137. The largest absolute Gasteiger partial charge is 0.485 e. The Morgan fingerprint density at radius 2 is 1.61 bits per heavy atom. The summed E-state index contributed by atoms with van der Waals surface area (Å²) in [6.45, 7) is 9.01. The molecule has 0 aromatic heterocycles. The van der Waals surface area contributed by atoms with Crippen LogP contribution in [0.4, 0.5) is 5.69 Å². The number of hydrogen-bond acceptors (Lipinski definition) is 4. The second-order valence-electron chi connectivity index (χ2n) is 9.60. The molecule has 2 aliphatic heterocycles. The summed E-state index contributed by atoms with van der Waals surface area (Å²) in [5, 5.41) is 7.04. The van der Waals surface area contributed by atoms with Gasteiger partial charge in [0.2, 0.25) is 0 Å². The second-order valence-corrected chi connectivity index (χ2v) is 9.60. The van der Waals surface area contributed by atoms with Gasteiger partial charge in [0.05, 0.1) is 0 Å². The van der Waals surface area contributed by atoms with E-state index < -0.39 is 0 Å². The monoisotopic (exact) mass is 419 g/mol. The molecule has 1 aliphatic carbocycles. The molecule has 4 nitrogen and oxygen atoms in total. The first-order chi connectivity index (χ1) is 15.3. The van der Waals surface area contributed by atoms with Crippen molar-refractivity contribution in [3.63, 3.8) is 0 Å². The third-order valence-electron chi connectivity index (χ3n) is 7.77. The van der Waals surface area contributed by atoms with Crippen LogP contribution < -0.4 is 20.3 Å². The van der Waals surface area contributed by atoms with E-state index >= 15 is 0 Å². The van der Waals surface area contributed by atoms with E-state index in [1.165, 1.54) is 49.2 Å². The van der Waals surface area contributed by atoms with Crippen LogP contribution >= 0.6 is 0 Å². The fraction of sp³-hybridized carbons (Fsp3) is 0.556. The van der Waals surface area contributed by atoms with Crippen molar-refractivity contribution in [2.24, 2.45) is 17.8 Å². The van der Waals surface area contributed by atoms with Gasteiger partial charge >= 0.3 is 0 Å². The second kappa shape index (κ2) is 9.62. The Kier molecular flexibility index (Phi) is 6.47. The summed E-state index contributed by atoms with van der Waals surface area (Å²) >= 11 is 0. The van der Waals surface area contributed by atoms with E-state index in [0.717, 1.165) is 50.2 Å². The first-order valence-corrected chi connectivity index (χ1v) is 12.3. The van der Waals surface area contributed by atoms with E-state index in [-0.39, 0.29) is 6.10 Å². The van der Waals surface area contributed by atoms with Crippen molar-refractivity contribution in [3.05, 3.63) is 59.7 Å². The minimum atomic E-state index is 0.177. The van der Waals surface area contributed by atoms with Gasteiger partial charge in [-0.1, -0.05) is 37.6 Å². The van der Waals surface area contributed by atoms with Gasteiger partial charge < -0.3 is 20.3 Å². The van der Waals surface area contributed by atoms with E-state index in [1.54, 1.807) is 0 Å². The van der Waals surface area contributed by atoms with Crippen molar-refractivity contribution in [3.8, 4) is 5.75 Å². The lowest BCUT2D eigenvalue weighted by atomic mass is 9.85. The zero-order valence-corrected chi connectivity index (χ0v) is 18.9. The normalized spacial score (nSPS) is 28.0. The maximum absolute atomic E-state index is 6.68. The standard InChI is InChI=1S/C27H37N3O/c1-2-20-18-29-19-23(20)8-7-22-17-21-5-3-4-6-26(21)27(22)31-25-11-9-24(10-12-25)30-15-13-28-14-16-30/h3-6,9-12,20,22-23,27-29H,2,7-8,13-19H2,1H3/t20?,22-,23?,27?/m1/s1. The molecular weight excluding hydrogens is 382 g/mol. The van der Waals surface area contributed by atoms with Crippen LogP contribution in [-0.2, 0) is 6.42 Å². The average molecular weight is 420 g/mol. The lowest BCUT2D eigenvalue weighted by Gasteiger charge is -2.29. The highest BCUT2D eigenvalue weighted by atomic mass is 16.5. The lowest BCUT2D eigenvalue weighted by Crippen LogP contribution is -2.43.